The summed E-state index contributed by atoms with van der Waals surface area (Å²) in [6, 6.07) is 9.65. The van der Waals surface area contributed by atoms with Crippen LogP contribution in [-0.2, 0) is 17.6 Å². The van der Waals surface area contributed by atoms with E-state index < -0.39 is 5.97 Å². The minimum atomic E-state index is -0.828. The highest BCUT2D eigenvalue weighted by Crippen LogP contribution is 2.29. The second-order valence-electron chi connectivity index (χ2n) is 6.14. The minimum absolute atomic E-state index is 0.0243. The van der Waals surface area contributed by atoms with E-state index in [0.717, 1.165) is 51.0 Å². The molecule has 2 heterocycles. The molecule has 0 aliphatic rings. The molecule has 0 spiro atoms. The Labute approximate surface area is 156 Å². The van der Waals surface area contributed by atoms with Gasteiger partial charge in [-0.3, -0.25) is 4.79 Å². The number of anilines is 2. The van der Waals surface area contributed by atoms with E-state index in [1.807, 2.05) is 49.6 Å². The summed E-state index contributed by atoms with van der Waals surface area (Å²) >= 11 is 1.62. The smallest absolute Gasteiger partial charge is 0.307 e. The SMILES string of the molecule is CCc1c(C)nc(-c2cccs2)nc1Nc1ccc(CC(=O)O)cc1C. The van der Waals surface area contributed by atoms with Crippen molar-refractivity contribution in [2.75, 3.05) is 5.32 Å². The number of carboxylic acids is 1. The van der Waals surface area contributed by atoms with Crippen molar-refractivity contribution < 1.29 is 9.90 Å². The first-order chi connectivity index (χ1) is 12.5. The average Bonchev–Trinajstić information content (AvgIpc) is 3.11. The zero-order valence-corrected chi connectivity index (χ0v) is 15.9. The maximum atomic E-state index is 10.9. The first-order valence-corrected chi connectivity index (χ1v) is 9.35. The van der Waals surface area contributed by atoms with E-state index in [4.69, 9.17) is 10.1 Å². The summed E-state index contributed by atoms with van der Waals surface area (Å²) in [6.45, 7) is 6.06. The fraction of sp³-hybridized carbons (Fsp3) is 0.250. The average molecular weight is 367 g/mol. The summed E-state index contributed by atoms with van der Waals surface area (Å²) < 4.78 is 0. The Kier molecular flexibility index (Phi) is 5.32. The molecule has 5 nitrogen and oxygen atoms in total. The van der Waals surface area contributed by atoms with Crippen LogP contribution in [-0.4, -0.2) is 21.0 Å². The Morgan fingerprint density at radius 1 is 1.23 bits per heavy atom. The zero-order chi connectivity index (χ0) is 18.7. The molecule has 3 aromatic rings. The van der Waals surface area contributed by atoms with Crippen LogP contribution in [0.5, 0.6) is 0 Å². The highest BCUT2D eigenvalue weighted by atomic mass is 32.1. The number of rotatable bonds is 6. The van der Waals surface area contributed by atoms with E-state index in [2.05, 4.69) is 17.2 Å². The van der Waals surface area contributed by atoms with E-state index in [1.165, 1.54) is 0 Å². The molecular weight excluding hydrogens is 346 g/mol. The first kappa shape index (κ1) is 18.1. The molecule has 0 aliphatic carbocycles. The number of benzene rings is 1. The summed E-state index contributed by atoms with van der Waals surface area (Å²) in [5.74, 6) is 0.695. The second-order valence-corrected chi connectivity index (χ2v) is 7.08. The van der Waals surface area contributed by atoms with Crippen molar-refractivity contribution in [3.8, 4) is 10.7 Å². The van der Waals surface area contributed by atoms with Gasteiger partial charge in [0.15, 0.2) is 5.82 Å². The number of carboxylic acid groups (broad SMARTS) is 1. The Balaban J connectivity index is 1.97. The number of aromatic nitrogens is 2. The molecule has 134 valence electrons. The van der Waals surface area contributed by atoms with Gasteiger partial charge < -0.3 is 10.4 Å². The molecule has 0 bridgehead atoms. The Morgan fingerprint density at radius 2 is 2.04 bits per heavy atom. The fourth-order valence-electron chi connectivity index (χ4n) is 2.92. The number of carbonyl (C=O) groups is 1. The summed E-state index contributed by atoms with van der Waals surface area (Å²) in [5.41, 5.74) is 4.74. The Bertz CT molecular complexity index is 936. The van der Waals surface area contributed by atoms with E-state index in [0.29, 0.717) is 0 Å². The number of nitrogens with one attached hydrogen (secondary N) is 1. The van der Waals surface area contributed by atoms with Crippen molar-refractivity contribution in [2.45, 2.75) is 33.6 Å². The quantitative estimate of drug-likeness (QED) is 0.657. The molecule has 0 aliphatic heterocycles. The van der Waals surface area contributed by atoms with Crippen molar-refractivity contribution in [2.24, 2.45) is 0 Å². The number of hydrogen-bond acceptors (Lipinski definition) is 5. The van der Waals surface area contributed by atoms with Crippen LogP contribution >= 0.6 is 11.3 Å². The molecule has 3 rings (SSSR count). The molecule has 0 fully saturated rings. The third kappa shape index (κ3) is 3.91. The Hall–Kier alpha value is -2.73. The summed E-state index contributed by atoms with van der Waals surface area (Å²) in [7, 11) is 0. The van der Waals surface area contributed by atoms with E-state index in [9.17, 15) is 4.79 Å². The van der Waals surface area contributed by atoms with E-state index >= 15 is 0 Å². The van der Waals surface area contributed by atoms with Crippen LogP contribution in [0.1, 0.15) is 29.3 Å². The number of thiophene rings is 1. The van der Waals surface area contributed by atoms with Crippen LogP contribution in [0.4, 0.5) is 11.5 Å². The second kappa shape index (κ2) is 7.66. The molecule has 0 atom stereocenters. The number of nitrogens with zero attached hydrogens (tertiary/aromatic N) is 2. The van der Waals surface area contributed by atoms with E-state index in [-0.39, 0.29) is 6.42 Å². The van der Waals surface area contributed by atoms with Crippen LogP contribution in [0.3, 0.4) is 0 Å². The van der Waals surface area contributed by atoms with Crippen molar-refractivity contribution in [1.29, 1.82) is 0 Å². The van der Waals surface area contributed by atoms with Gasteiger partial charge in [0.05, 0.1) is 11.3 Å². The number of aryl methyl sites for hydroxylation is 2. The van der Waals surface area contributed by atoms with Gasteiger partial charge in [0.25, 0.3) is 0 Å². The largest absolute Gasteiger partial charge is 0.481 e. The number of hydrogen-bond donors (Lipinski definition) is 2. The summed E-state index contributed by atoms with van der Waals surface area (Å²) in [5, 5.41) is 14.4. The van der Waals surface area contributed by atoms with Gasteiger partial charge in [-0.05, 0) is 48.9 Å². The molecular formula is C20H21N3O2S. The molecule has 26 heavy (non-hydrogen) atoms. The Morgan fingerprint density at radius 3 is 2.65 bits per heavy atom. The molecule has 0 amide bonds. The van der Waals surface area contributed by atoms with Gasteiger partial charge in [0.2, 0.25) is 0 Å². The lowest BCUT2D eigenvalue weighted by atomic mass is 10.1. The van der Waals surface area contributed by atoms with Crippen LogP contribution in [0.2, 0.25) is 0 Å². The van der Waals surface area contributed by atoms with Gasteiger partial charge in [0, 0.05) is 16.9 Å². The molecule has 2 N–H and O–H groups in total. The van der Waals surface area contributed by atoms with Crippen molar-refractivity contribution >= 4 is 28.8 Å². The monoisotopic (exact) mass is 367 g/mol. The van der Waals surface area contributed by atoms with Gasteiger partial charge in [-0.15, -0.1) is 11.3 Å². The number of aliphatic carboxylic acids is 1. The third-order valence-corrected chi connectivity index (χ3v) is 5.07. The molecule has 0 radical (unpaired) electrons. The summed E-state index contributed by atoms with van der Waals surface area (Å²) in [6.07, 6.45) is 0.853. The van der Waals surface area contributed by atoms with Crippen LogP contribution in [0.25, 0.3) is 10.7 Å². The summed E-state index contributed by atoms with van der Waals surface area (Å²) in [4.78, 5) is 21.3. The van der Waals surface area contributed by atoms with Crippen molar-refractivity contribution in [3.63, 3.8) is 0 Å². The maximum Gasteiger partial charge on any atom is 0.307 e. The van der Waals surface area contributed by atoms with Gasteiger partial charge >= 0.3 is 5.97 Å². The zero-order valence-electron chi connectivity index (χ0n) is 15.0. The lowest BCUT2D eigenvalue weighted by molar-refractivity contribution is -0.136. The minimum Gasteiger partial charge on any atom is -0.481 e. The third-order valence-electron chi connectivity index (χ3n) is 4.21. The van der Waals surface area contributed by atoms with Crippen LogP contribution in [0.15, 0.2) is 35.7 Å². The molecule has 2 aromatic heterocycles. The van der Waals surface area contributed by atoms with Gasteiger partial charge in [-0.25, -0.2) is 9.97 Å². The van der Waals surface area contributed by atoms with Crippen LogP contribution < -0.4 is 5.32 Å². The lowest BCUT2D eigenvalue weighted by Crippen LogP contribution is -2.06. The van der Waals surface area contributed by atoms with Crippen LogP contribution in [0, 0.1) is 13.8 Å². The maximum absolute atomic E-state index is 10.9. The lowest BCUT2D eigenvalue weighted by Gasteiger charge is -2.15. The van der Waals surface area contributed by atoms with Crippen molar-refractivity contribution in [3.05, 3.63) is 58.1 Å². The fourth-order valence-corrected chi connectivity index (χ4v) is 3.57. The van der Waals surface area contributed by atoms with Gasteiger partial charge in [0.1, 0.15) is 5.82 Å². The molecule has 0 saturated carbocycles. The van der Waals surface area contributed by atoms with Gasteiger partial charge in [-0.1, -0.05) is 25.1 Å². The topological polar surface area (TPSA) is 75.1 Å². The predicted octanol–water partition coefficient (Wildman–Crippen LogP) is 4.76. The first-order valence-electron chi connectivity index (χ1n) is 8.47. The van der Waals surface area contributed by atoms with E-state index in [1.54, 1.807) is 11.3 Å². The molecule has 1 aromatic carbocycles. The predicted molar refractivity (Wildman–Crippen MR) is 105 cm³/mol. The highest BCUT2D eigenvalue weighted by Gasteiger charge is 2.13. The van der Waals surface area contributed by atoms with Gasteiger partial charge in [-0.2, -0.15) is 0 Å². The van der Waals surface area contributed by atoms with Crippen molar-refractivity contribution in [1.82, 2.24) is 9.97 Å². The normalized spacial score (nSPS) is 10.7. The molecule has 0 saturated heterocycles. The standard InChI is InChI=1S/C20H21N3O2S/c1-4-15-13(3)21-20(17-6-5-9-26-17)23-19(15)22-16-8-7-14(10-12(16)2)11-18(24)25/h5-10H,4,11H2,1-3H3,(H,24,25)(H,21,22,23). The highest BCUT2D eigenvalue weighted by molar-refractivity contribution is 7.13. The molecule has 0 unspecified atom stereocenters. The molecule has 6 heteroatoms.